The molecule has 3 N–H and O–H groups in total. The van der Waals surface area contributed by atoms with Gasteiger partial charge in [0.05, 0.1) is 5.33 Å². The summed E-state index contributed by atoms with van der Waals surface area (Å²) >= 11 is 3.24. The van der Waals surface area contributed by atoms with Crippen molar-refractivity contribution in [3.8, 4) is 0 Å². The summed E-state index contributed by atoms with van der Waals surface area (Å²) in [5.74, 6) is 1.41. The first-order valence-electron chi connectivity index (χ1n) is 3.56. The summed E-state index contributed by atoms with van der Waals surface area (Å²) in [6.07, 6.45) is 0. The highest BCUT2D eigenvalue weighted by Crippen LogP contribution is 2.04. The summed E-state index contributed by atoms with van der Waals surface area (Å²) in [5, 5.41) is 3.54. The van der Waals surface area contributed by atoms with E-state index in [1.54, 1.807) is 0 Å². The Morgan fingerprint density at radius 3 is 2.75 bits per heavy atom. The smallest absolute Gasteiger partial charge is 0.227 e. The Kier molecular flexibility index (Phi) is 3.21. The summed E-state index contributed by atoms with van der Waals surface area (Å²) in [4.78, 5) is 11.9. The van der Waals surface area contributed by atoms with Crippen molar-refractivity contribution in [2.75, 3.05) is 17.6 Å². The van der Waals surface area contributed by atoms with Gasteiger partial charge >= 0.3 is 0 Å². The van der Waals surface area contributed by atoms with Crippen molar-refractivity contribution >= 4 is 27.8 Å². The fraction of sp³-hybridized carbons (Fsp3) is 0.500. The highest BCUT2D eigenvalue weighted by Gasteiger charge is 2.00. The fourth-order valence-corrected chi connectivity index (χ4v) is 0.986. The van der Waals surface area contributed by atoms with Gasteiger partial charge in [-0.15, -0.1) is 0 Å². The van der Waals surface area contributed by atoms with Gasteiger partial charge in [0.2, 0.25) is 11.9 Å². The molecule has 0 atom stereocenters. The van der Waals surface area contributed by atoms with Crippen molar-refractivity contribution in [3.63, 3.8) is 0 Å². The van der Waals surface area contributed by atoms with Crippen LogP contribution in [0.5, 0.6) is 0 Å². The van der Waals surface area contributed by atoms with Crippen LogP contribution in [0.15, 0.2) is 0 Å². The first-order chi connectivity index (χ1) is 5.76. The molecule has 0 aromatic carbocycles. The summed E-state index contributed by atoms with van der Waals surface area (Å²) in [7, 11) is 0. The van der Waals surface area contributed by atoms with Crippen LogP contribution in [0.25, 0.3) is 0 Å². The van der Waals surface area contributed by atoms with Crippen LogP contribution in [0.2, 0.25) is 0 Å². The Hall–Kier alpha value is -0.910. The molecule has 0 spiro atoms. The van der Waals surface area contributed by atoms with Crippen LogP contribution in [0.4, 0.5) is 11.9 Å². The highest BCUT2D eigenvalue weighted by molar-refractivity contribution is 9.08. The molecule has 6 heteroatoms. The lowest BCUT2D eigenvalue weighted by molar-refractivity contribution is 0.966. The zero-order chi connectivity index (χ0) is 8.97. The summed E-state index contributed by atoms with van der Waals surface area (Å²) in [6.45, 7) is 2.74. The third kappa shape index (κ3) is 2.30. The number of alkyl halides is 1. The molecule has 0 unspecified atom stereocenters. The molecule has 0 amide bonds. The quantitative estimate of drug-likeness (QED) is 0.753. The van der Waals surface area contributed by atoms with Gasteiger partial charge in [-0.3, -0.25) is 0 Å². The number of halogens is 1. The van der Waals surface area contributed by atoms with E-state index in [-0.39, 0.29) is 5.95 Å². The normalized spacial score (nSPS) is 9.83. The topological polar surface area (TPSA) is 76.7 Å². The Morgan fingerprint density at radius 2 is 2.17 bits per heavy atom. The number of hydrogen-bond donors (Lipinski definition) is 2. The van der Waals surface area contributed by atoms with Crippen molar-refractivity contribution in [3.05, 3.63) is 5.82 Å². The maximum absolute atomic E-state index is 5.44. The monoisotopic (exact) mass is 231 g/mol. The SMILES string of the molecule is CCNc1nc(N)nc(CBr)n1. The van der Waals surface area contributed by atoms with Crippen molar-refractivity contribution < 1.29 is 0 Å². The number of nitrogens with one attached hydrogen (secondary N) is 1. The first-order valence-corrected chi connectivity index (χ1v) is 4.68. The van der Waals surface area contributed by atoms with Crippen molar-refractivity contribution in [1.29, 1.82) is 0 Å². The van der Waals surface area contributed by atoms with Crippen LogP contribution >= 0.6 is 15.9 Å². The van der Waals surface area contributed by atoms with Gasteiger partial charge in [-0.25, -0.2) is 0 Å². The fourth-order valence-electron chi connectivity index (χ4n) is 0.735. The number of anilines is 2. The molecule has 0 saturated carbocycles. The molecule has 0 fully saturated rings. The molecular formula is C6H10BrN5. The van der Waals surface area contributed by atoms with Gasteiger partial charge < -0.3 is 11.1 Å². The molecule has 12 heavy (non-hydrogen) atoms. The molecule has 66 valence electrons. The number of nitrogens with zero attached hydrogens (tertiary/aromatic N) is 3. The standard InChI is InChI=1S/C6H10BrN5/c1-2-9-6-11-4(3-7)10-5(8)12-6/h2-3H2,1H3,(H3,8,9,10,11,12). The molecule has 0 aliphatic heterocycles. The number of rotatable bonds is 3. The molecule has 5 nitrogen and oxygen atoms in total. The van der Waals surface area contributed by atoms with Crippen LogP contribution in [0.1, 0.15) is 12.7 Å². The number of nitrogens with two attached hydrogens (primary N) is 1. The van der Waals surface area contributed by atoms with Crippen LogP contribution in [-0.4, -0.2) is 21.5 Å². The predicted octanol–water partition coefficient (Wildman–Crippen LogP) is 0.780. The van der Waals surface area contributed by atoms with Gasteiger partial charge in [-0.1, -0.05) is 15.9 Å². The highest BCUT2D eigenvalue weighted by atomic mass is 79.9. The van der Waals surface area contributed by atoms with Crippen LogP contribution in [-0.2, 0) is 5.33 Å². The first kappa shape index (κ1) is 9.18. The Morgan fingerprint density at radius 1 is 1.42 bits per heavy atom. The predicted molar refractivity (Wildman–Crippen MR) is 51.0 cm³/mol. The van der Waals surface area contributed by atoms with Crippen molar-refractivity contribution in [2.24, 2.45) is 0 Å². The average Bonchev–Trinajstić information content (AvgIpc) is 2.04. The van der Waals surface area contributed by atoms with Crippen molar-refractivity contribution in [1.82, 2.24) is 15.0 Å². The van der Waals surface area contributed by atoms with Gasteiger partial charge in [-0.05, 0) is 6.92 Å². The lowest BCUT2D eigenvalue weighted by Crippen LogP contribution is -2.08. The maximum atomic E-state index is 5.44. The Bertz CT molecular complexity index is 264. The Labute approximate surface area is 78.9 Å². The minimum absolute atomic E-state index is 0.246. The van der Waals surface area contributed by atoms with Crippen LogP contribution < -0.4 is 11.1 Å². The van der Waals surface area contributed by atoms with E-state index in [9.17, 15) is 0 Å². The second-order valence-electron chi connectivity index (χ2n) is 2.10. The molecule has 1 aromatic heterocycles. The number of aromatic nitrogens is 3. The number of hydrogen-bond acceptors (Lipinski definition) is 5. The van der Waals surface area contributed by atoms with Crippen LogP contribution in [0.3, 0.4) is 0 Å². The number of nitrogen functional groups attached to an aromatic ring is 1. The van der Waals surface area contributed by atoms with E-state index in [2.05, 4.69) is 36.2 Å². The summed E-state index contributed by atoms with van der Waals surface area (Å²) in [5.41, 5.74) is 5.44. The van der Waals surface area contributed by atoms with Gasteiger partial charge in [0.15, 0.2) is 0 Å². The second-order valence-corrected chi connectivity index (χ2v) is 2.66. The van der Waals surface area contributed by atoms with Crippen LogP contribution in [0, 0.1) is 0 Å². The molecule has 0 aliphatic rings. The van der Waals surface area contributed by atoms with Gasteiger partial charge in [-0.2, -0.15) is 15.0 Å². The molecule has 0 bridgehead atoms. The molecule has 0 saturated heterocycles. The van der Waals surface area contributed by atoms with Gasteiger partial charge in [0.1, 0.15) is 5.82 Å². The van der Waals surface area contributed by atoms with E-state index in [0.717, 1.165) is 6.54 Å². The molecule has 1 rings (SSSR count). The minimum Gasteiger partial charge on any atom is -0.368 e. The van der Waals surface area contributed by atoms with E-state index in [0.29, 0.717) is 17.1 Å². The summed E-state index contributed by atoms with van der Waals surface area (Å²) < 4.78 is 0. The molecular weight excluding hydrogens is 222 g/mol. The Balaban J connectivity index is 2.90. The molecule has 1 aromatic rings. The van der Waals surface area contributed by atoms with E-state index >= 15 is 0 Å². The lowest BCUT2D eigenvalue weighted by atomic mass is 10.6. The summed E-state index contributed by atoms with van der Waals surface area (Å²) in [6, 6.07) is 0. The van der Waals surface area contributed by atoms with Gasteiger partial charge in [0, 0.05) is 6.54 Å². The van der Waals surface area contributed by atoms with E-state index in [4.69, 9.17) is 5.73 Å². The third-order valence-electron chi connectivity index (χ3n) is 1.15. The molecule has 1 heterocycles. The average molecular weight is 232 g/mol. The zero-order valence-corrected chi connectivity index (χ0v) is 8.30. The van der Waals surface area contributed by atoms with Gasteiger partial charge in [0.25, 0.3) is 0 Å². The van der Waals surface area contributed by atoms with E-state index < -0.39 is 0 Å². The zero-order valence-electron chi connectivity index (χ0n) is 6.71. The second kappa shape index (κ2) is 4.20. The molecule has 0 aliphatic carbocycles. The molecule has 0 radical (unpaired) electrons. The van der Waals surface area contributed by atoms with Crippen molar-refractivity contribution in [2.45, 2.75) is 12.3 Å². The maximum Gasteiger partial charge on any atom is 0.227 e. The van der Waals surface area contributed by atoms with E-state index in [1.165, 1.54) is 0 Å². The van der Waals surface area contributed by atoms with E-state index in [1.807, 2.05) is 6.92 Å². The third-order valence-corrected chi connectivity index (χ3v) is 1.65. The lowest BCUT2D eigenvalue weighted by Gasteiger charge is -2.02. The largest absolute Gasteiger partial charge is 0.368 e. The minimum atomic E-state index is 0.246.